The molecule has 8 heavy (non-hydrogen) atoms. The van der Waals surface area contributed by atoms with Gasteiger partial charge in [0.1, 0.15) is 0 Å². The highest BCUT2D eigenvalue weighted by molar-refractivity contribution is 5.13. The van der Waals surface area contributed by atoms with Crippen molar-refractivity contribution in [3.63, 3.8) is 0 Å². The molecule has 0 atom stereocenters. The topological polar surface area (TPSA) is 0 Å². The van der Waals surface area contributed by atoms with Gasteiger partial charge in [0, 0.05) is 0 Å². The van der Waals surface area contributed by atoms with E-state index in [4.69, 9.17) is 0 Å². The van der Waals surface area contributed by atoms with Crippen LogP contribution in [0.4, 0.5) is 0 Å². The van der Waals surface area contributed by atoms with Crippen LogP contribution in [0.3, 0.4) is 0 Å². The van der Waals surface area contributed by atoms with E-state index in [9.17, 15) is 0 Å². The van der Waals surface area contributed by atoms with Crippen LogP contribution in [0.5, 0.6) is 0 Å². The van der Waals surface area contributed by atoms with E-state index >= 15 is 0 Å². The van der Waals surface area contributed by atoms with Crippen molar-refractivity contribution in [2.24, 2.45) is 0 Å². The Kier molecular flexibility index (Phi) is 2.13. The first kappa shape index (κ1) is 5.87. The predicted octanol–water partition coefficient (Wildman–Crippen LogP) is 2.71. The molecular weight excluding hydrogens is 96.1 g/mol. The number of hydrogen-bond donors (Lipinski definition) is 0. The first-order valence-corrected chi connectivity index (χ1v) is 3.42. The van der Waals surface area contributed by atoms with Crippen molar-refractivity contribution in [2.45, 2.75) is 32.6 Å². The second-order valence-electron chi connectivity index (χ2n) is 2.31. The number of hydrogen-bond acceptors (Lipinski definition) is 0. The largest absolute Gasteiger partial charge is 0.0882 e. The zero-order valence-corrected chi connectivity index (χ0v) is 5.48. The summed E-state index contributed by atoms with van der Waals surface area (Å²) in [6.45, 7) is 2.12. The lowest BCUT2D eigenvalue weighted by atomic mass is 9.95. The molecule has 0 saturated heterocycles. The Hall–Kier alpha value is -0.260. The van der Waals surface area contributed by atoms with Gasteiger partial charge in [-0.05, 0) is 32.6 Å². The lowest BCUT2D eigenvalue weighted by molar-refractivity contribution is 0.673. The van der Waals surface area contributed by atoms with Crippen LogP contribution < -0.4 is 0 Å². The van der Waals surface area contributed by atoms with Gasteiger partial charge in [-0.1, -0.05) is 18.1 Å². The third-order valence-corrected chi connectivity index (χ3v) is 1.70. The standard InChI is InChI=1S/C8H13/c1-2-8-6-4-3-5-7-8/h2,6H,3-5,7H2,1H3/b8-2+. The normalized spacial score (nSPS) is 26.4. The summed E-state index contributed by atoms with van der Waals surface area (Å²) in [5, 5.41) is 0. The van der Waals surface area contributed by atoms with E-state index in [2.05, 4.69) is 19.4 Å². The highest BCUT2D eigenvalue weighted by Gasteiger charge is 2.02. The van der Waals surface area contributed by atoms with Gasteiger partial charge in [-0.15, -0.1) is 0 Å². The summed E-state index contributed by atoms with van der Waals surface area (Å²) in [6, 6.07) is 0. The van der Waals surface area contributed by atoms with Gasteiger partial charge in [-0.3, -0.25) is 0 Å². The monoisotopic (exact) mass is 109 g/mol. The first-order valence-electron chi connectivity index (χ1n) is 3.42. The van der Waals surface area contributed by atoms with Crippen molar-refractivity contribution >= 4 is 0 Å². The predicted molar refractivity (Wildman–Crippen MR) is 36.5 cm³/mol. The molecule has 0 aromatic carbocycles. The Morgan fingerprint density at radius 1 is 1.50 bits per heavy atom. The van der Waals surface area contributed by atoms with E-state index in [1.165, 1.54) is 25.7 Å². The Bertz CT molecular complexity index is 82.2. The lowest BCUT2D eigenvalue weighted by Gasteiger charge is -2.11. The molecule has 0 heteroatoms. The van der Waals surface area contributed by atoms with Gasteiger partial charge in [0.05, 0.1) is 0 Å². The third kappa shape index (κ3) is 1.36. The molecule has 1 radical (unpaired) electrons. The fraction of sp³-hybridized carbons (Fsp3) is 0.625. The minimum Gasteiger partial charge on any atom is -0.0882 e. The minimum absolute atomic E-state index is 1.31. The number of rotatable bonds is 0. The molecule has 1 aliphatic carbocycles. The molecule has 45 valence electrons. The molecule has 0 N–H and O–H groups in total. The van der Waals surface area contributed by atoms with E-state index in [1.54, 1.807) is 5.57 Å². The van der Waals surface area contributed by atoms with Crippen molar-refractivity contribution in [1.29, 1.82) is 0 Å². The van der Waals surface area contributed by atoms with Crippen LogP contribution >= 0.6 is 0 Å². The molecule has 0 amide bonds. The third-order valence-electron chi connectivity index (χ3n) is 1.70. The molecule has 0 nitrogen and oxygen atoms in total. The van der Waals surface area contributed by atoms with Gasteiger partial charge in [-0.25, -0.2) is 0 Å². The first-order chi connectivity index (χ1) is 3.93. The molecule has 0 aromatic heterocycles. The summed E-state index contributed by atoms with van der Waals surface area (Å²) in [5.74, 6) is 0. The average molecular weight is 109 g/mol. The molecule has 1 fully saturated rings. The van der Waals surface area contributed by atoms with Gasteiger partial charge in [0.15, 0.2) is 0 Å². The van der Waals surface area contributed by atoms with Crippen molar-refractivity contribution in [3.8, 4) is 0 Å². The van der Waals surface area contributed by atoms with Crippen LogP contribution in [0.2, 0.25) is 0 Å². The van der Waals surface area contributed by atoms with Crippen LogP contribution in [0.1, 0.15) is 32.6 Å². The molecule has 0 spiro atoms. The second kappa shape index (κ2) is 2.91. The Morgan fingerprint density at radius 2 is 2.38 bits per heavy atom. The maximum absolute atomic E-state index is 2.35. The van der Waals surface area contributed by atoms with Gasteiger partial charge in [0.2, 0.25) is 0 Å². The SMILES string of the molecule is C/C=C1\[CH]CCCC1. The van der Waals surface area contributed by atoms with Gasteiger partial charge >= 0.3 is 0 Å². The average Bonchev–Trinajstić information content (AvgIpc) is 1.90. The Labute approximate surface area is 51.6 Å². The molecule has 1 rings (SSSR count). The Balaban J connectivity index is 2.33. The van der Waals surface area contributed by atoms with Crippen LogP contribution in [0.25, 0.3) is 0 Å². The fourth-order valence-electron chi connectivity index (χ4n) is 1.13. The van der Waals surface area contributed by atoms with Crippen molar-refractivity contribution < 1.29 is 0 Å². The zero-order chi connectivity index (χ0) is 5.82. The van der Waals surface area contributed by atoms with Crippen molar-refractivity contribution in [1.82, 2.24) is 0 Å². The summed E-state index contributed by atoms with van der Waals surface area (Å²) >= 11 is 0. The quantitative estimate of drug-likeness (QED) is 0.448. The fourth-order valence-corrected chi connectivity index (χ4v) is 1.13. The maximum Gasteiger partial charge on any atom is -0.0138 e. The molecular formula is C8H13. The van der Waals surface area contributed by atoms with E-state index in [-0.39, 0.29) is 0 Å². The summed E-state index contributed by atoms with van der Waals surface area (Å²) in [7, 11) is 0. The molecule has 0 heterocycles. The highest BCUT2D eigenvalue weighted by atomic mass is 14.1. The Morgan fingerprint density at radius 3 is 2.75 bits per heavy atom. The van der Waals surface area contributed by atoms with E-state index < -0.39 is 0 Å². The molecule has 0 aliphatic heterocycles. The second-order valence-corrected chi connectivity index (χ2v) is 2.31. The molecule has 1 saturated carbocycles. The molecule has 0 unspecified atom stereocenters. The number of allylic oxidation sites excluding steroid dienone is 2. The van der Waals surface area contributed by atoms with Crippen molar-refractivity contribution in [3.05, 3.63) is 18.1 Å². The zero-order valence-electron chi connectivity index (χ0n) is 5.48. The van der Waals surface area contributed by atoms with Crippen LogP contribution in [-0.2, 0) is 0 Å². The smallest absolute Gasteiger partial charge is 0.0138 e. The van der Waals surface area contributed by atoms with Gasteiger partial charge in [-0.2, -0.15) is 0 Å². The molecule has 0 bridgehead atoms. The van der Waals surface area contributed by atoms with Crippen LogP contribution in [0, 0.1) is 6.42 Å². The van der Waals surface area contributed by atoms with E-state index in [0.717, 1.165) is 0 Å². The summed E-state index contributed by atoms with van der Waals surface area (Å²) in [6.07, 6.45) is 9.99. The molecule has 0 aromatic rings. The highest BCUT2D eigenvalue weighted by Crippen LogP contribution is 2.20. The minimum atomic E-state index is 1.31. The van der Waals surface area contributed by atoms with Gasteiger partial charge < -0.3 is 0 Å². The lowest BCUT2D eigenvalue weighted by Crippen LogP contribution is -1.92. The summed E-state index contributed by atoms with van der Waals surface area (Å²) in [4.78, 5) is 0. The summed E-state index contributed by atoms with van der Waals surface area (Å²) in [5.41, 5.74) is 1.55. The van der Waals surface area contributed by atoms with Crippen LogP contribution in [-0.4, -0.2) is 0 Å². The molecule has 1 aliphatic rings. The van der Waals surface area contributed by atoms with E-state index in [1.807, 2.05) is 0 Å². The van der Waals surface area contributed by atoms with Crippen LogP contribution in [0.15, 0.2) is 11.6 Å². The van der Waals surface area contributed by atoms with Crippen molar-refractivity contribution in [2.75, 3.05) is 0 Å². The van der Waals surface area contributed by atoms with E-state index in [0.29, 0.717) is 0 Å². The summed E-state index contributed by atoms with van der Waals surface area (Å²) < 4.78 is 0. The van der Waals surface area contributed by atoms with Gasteiger partial charge in [0.25, 0.3) is 0 Å². The maximum atomic E-state index is 2.35.